The molecule has 0 unspecified atom stereocenters. The number of hydrogen-bond acceptors (Lipinski definition) is 4. The summed E-state index contributed by atoms with van der Waals surface area (Å²) in [6.07, 6.45) is 4.93. The fraction of sp³-hybridized carbons (Fsp3) is 0.550. The zero-order valence-corrected chi connectivity index (χ0v) is 15.4. The molecule has 0 radical (unpaired) electrons. The van der Waals surface area contributed by atoms with Crippen LogP contribution in [0.25, 0.3) is 0 Å². The van der Waals surface area contributed by atoms with Crippen LogP contribution in [0.2, 0.25) is 0 Å². The van der Waals surface area contributed by atoms with Crippen LogP contribution in [0, 0.1) is 6.92 Å². The van der Waals surface area contributed by atoms with Crippen molar-refractivity contribution in [1.29, 1.82) is 0 Å². The Balaban J connectivity index is 1.26. The topological polar surface area (TPSA) is 19.4 Å². The smallest absolute Gasteiger partial charge is 0.0897 e. The summed E-state index contributed by atoms with van der Waals surface area (Å²) in [6.45, 7) is 8.12. The van der Waals surface area contributed by atoms with Gasteiger partial charge in [-0.15, -0.1) is 11.3 Å². The summed E-state index contributed by atoms with van der Waals surface area (Å²) in [6, 6.07) is 9.77. The van der Waals surface area contributed by atoms with Crippen molar-refractivity contribution < 1.29 is 0 Å². The number of benzene rings is 1. The number of fused-ring (bicyclic) bond motifs is 1. The monoisotopic (exact) mass is 341 g/mol. The van der Waals surface area contributed by atoms with Gasteiger partial charge in [-0.2, -0.15) is 0 Å². The number of piperazine rings is 1. The van der Waals surface area contributed by atoms with Gasteiger partial charge >= 0.3 is 0 Å². The van der Waals surface area contributed by atoms with E-state index in [1.165, 1.54) is 56.1 Å². The Morgan fingerprint density at radius 1 is 1.12 bits per heavy atom. The van der Waals surface area contributed by atoms with E-state index >= 15 is 0 Å². The number of aryl methyl sites for hydroxylation is 2. The predicted molar refractivity (Wildman–Crippen MR) is 101 cm³/mol. The Morgan fingerprint density at radius 3 is 2.67 bits per heavy atom. The first-order chi connectivity index (χ1) is 11.8. The summed E-state index contributed by atoms with van der Waals surface area (Å²) in [5, 5.41) is 3.40. The Hall–Kier alpha value is -1.23. The zero-order valence-electron chi connectivity index (χ0n) is 14.6. The maximum Gasteiger partial charge on any atom is 0.0897 e. The van der Waals surface area contributed by atoms with Gasteiger partial charge in [0, 0.05) is 50.6 Å². The normalized spacial score (nSPS) is 22.5. The lowest BCUT2D eigenvalue weighted by Gasteiger charge is -2.41. The fourth-order valence-corrected chi connectivity index (χ4v) is 4.79. The maximum atomic E-state index is 4.59. The molecule has 4 rings (SSSR count). The number of aromatic nitrogens is 1. The third-order valence-corrected chi connectivity index (χ3v) is 6.42. The first-order valence-corrected chi connectivity index (χ1v) is 10.1. The largest absolute Gasteiger partial charge is 0.300 e. The van der Waals surface area contributed by atoms with Crippen LogP contribution in [0.1, 0.15) is 28.2 Å². The van der Waals surface area contributed by atoms with Crippen LogP contribution in [-0.4, -0.2) is 53.5 Å². The lowest BCUT2D eigenvalue weighted by molar-refractivity contribution is 0.0901. The predicted octanol–water partition coefficient (Wildman–Crippen LogP) is 3.17. The molecule has 2 aromatic rings. The van der Waals surface area contributed by atoms with E-state index in [-0.39, 0.29) is 0 Å². The molecule has 0 N–H and O–H groups in total. The Bertz CT molecular complexity index is 673. The number of thiazole rings is 1. The average molecular weight is 342 g/mol. The van der Waals surface area contributed by atoms with Gasteiger partial charge < -0.3 is 4.90 Å². The molecule has 2 aliphatic rings. The SMILES string of the molecule is Cc1nc(CCN2CCN([C@H]3CCc4ccccc4C3)CC2)cs1. The van der Waals surface area contributed by atoms with Crippen LogP contribution >= 0.6 is 11.3 Å². The molecule has 2 heterocycles. The Labute approximate surface area is 149 Å². The molecule has 4 heteroatoms. The van der Waals surface area contributed by atoms with E-state index in [1.807, 2.05) is 0 Å². The minimum atomic E-state index is 0.753. The second-order valence-corrected chi connectivity index (χ2v) is 8.21. The van der Waals surface area contributed by atoms with Gasteiger partial charge in [0.05, 0.1) is 10.7 Å². The summed E-state index contributed by atoms with van der Waals surface area (Å²) >= 11 is 1.77. The van der Waals surface area contributed by atoms with Gasteiger partial charge in [0.25, 0.3) is 0 Å². The summed E-state index contributed by atoms with van der Waals surface area (Å²) in [7, 11) is 0. The summed E-state index contributed by atoms with van der Waals surface area (Å²) in [4.78, 5) is 9.93. The van der Waals surface area contributed by atoms with Gasteiger partial charge in [-0.3, -0.25) is 4.90 Å². The van der Waals surface area contributed by atoms with Crippen molar-refractivity contribution in [2.45, 2.75) is 38.6 Å². The van der Waals surface area contributed by atoms with E-state index < -0.39 is 0 Å². The van der Waals surface area contributed by atoms with Crippen molar-refractivity contribution in [2.75, 3.05) is 32.7 Å². The molecule has 1 aromatic heterocycles. The highest BCUT2D eigenvalue weighted by Crippen LogP contribution is 2.25. The number of nitrogens with zero attached hydrogens (tertiary/aromatic N) is 3. The van der Waals surface area contributed by atoms with Gasteiger partial charge in [0.1, 0.15) is 0 Å². The van der Waals surface area contributed by atoms with Gasteiger partial charge in [-0.05, 0) is 37.3 Å². The van der Waals surface area contributed by atoms with Gasteiger partial charge in [-0.25, -0.2) is 4.98 Å². The van der Waals surface area contributed by atoms with Gasteiger partial charge in [0.2, 0.25) is 0 Å². The van der Waals surface area contributed by atoms with E-state index in [0.717, 1.165) is 19.0 Å². The Kier molecular flexibility index (Phi) is 4.97. The molecule has 0 saturated carbocycles. The molecular weight excluding hydrogens is 314 g/mol. The highest BCUT2D eigenvalue weighted by atomic mass is 32.1. The molecule has 0 amide bonds. The van der Waals surface area contributed by atoms with E-state index in [2.05, 4.69) is 51.4 Å². The zero-order chi connectivity index (χ0) is 16.4. The molecule has 1 saturated heterocycles. The molecular formula is C20H27N3S. The lowest BCUT2D eigenvalue weighted by atomic mass is 9.87. The molecule has 24 heavy (non-hydrogen) atoms. The van der Waals surface area contributed by atoms with Crippen LogP contribution in [0.3, 0.4) is 0 Å². The van der Waals surface area contributed by atoms with Crippen molar-refractivity contribution in [3.8, 4) is 0 Å². The molecule has 1 aromatic carbocycles. The standard InChI is InChI=1S/C20H27N3S/c1-16-21-19(15-24-16)8-9-22-10-12-23(13-11-22)20-7-6-17-4-2-3-5-18(17)14-20/h2-5,15,20H,6-14H2,1H3/t20-/m0/s1. The molecule has 0 spiro atoms. The van der Waals surface area contributed by atoms with Crippen LogP contribution in [0.4, 0.5) is 0 Å². The van der Waals surface area contributed by atoms with E-state index in [4.69, 9.17) is 0 Å². The second kappa shape index (κ2) is 7.34. The number of rotatable bonds is 4. The molecule has 1 aliphatic heterocycles. The highest BCUT2D eigenvalue weighted by Gasteiger charge is 2.26. The van der Waals surface area contributed by atoms with Crippen molar-refractivity contribution in [3.63, 3.8) is 0 Å². The quantitative estimate of drug-likeness (QED) is 0.851. The van der Waals surface area contributed by atoms with Crippen LogP contribution < -0.4 is 0 Å². The third-order valence-electron chi connectivity index (χ3n) is 5.59. The van der Waals surface area contributed by atoms with Crippen molar-refractivity contribution in [1.82, 2.24) is 14.8 Å². The second-order valence-electron chi connectivity index (χ2n) is 7.15. The summed E-state index contributed by atoms with van der Waals surface area (Å²) in [5.41, 5.74) is 4.42. The molecule has 3 nitrogen and oxygen atoms in total. The molecule has 0 bridgehead atoms. The molecule has 1 atom stereocenters. The minimum Gasteiger partial charge on any atom is -0.300 e. The van der Waals surface area contributed by atoms with E-state index in [0.29, 0.717) is 0 Å². The van der Waals surface area contributed by atoms with Gasteiger partial charge in [-0.1, -0.05) is 24.3 Å². The van der Waals surface area contributed by atoms with Crippen LogP contribution in [0.15, 0.2) is 29.6 Å². The lowest BCUT2D eigenvalue weighted by Crippen LogP contribution is -2.52. The first kappa shape index (κ1) is 16.2. The van der Waals surface area contributed by atoms with E-state index in [1.54, 1.807) is 22.5 Å². The third kappa shape index (κ3) is 3.71. The average Bonchev–Trinajstić information content (AvgIpc) is 3.05. The Morgan fingerprint density at radius 2 is 1.92 bits per heavy atom. The van der Waals surface area contributed by atoms with Crippen molar-refractivity contribution >= 4 is 11.3 Å². The van der Waals surface area contributed by atoms with Crippen molar-refractivity contribution in [3.05, 3.63) is 51.5 Å². The first-order valence-electron chi connectivity index (χ1n) is 9.22. The minimum absolute atomic E-state index is 0.753. The van der Waals surface area contributed by atoms with Crippen LogP contribution in [0.5, 0.6) is 0 Å². The number of hydrogen-bond donors (Lipinski definition) is 0. The van der Waals surface area contributed by atoms with Gasteiger partial charge in [0.15, 0.2) is 0 Å². The molecule has 1 fully saturated rings. The van der Waals surface area contributed by atoms with Crippen LogP contribution in [-0.2, 0) is 19.3 Å². The molecule has 1 aliphatic carbocycles. The van der Waals surface area contributed by atoms with E-state index in [9.17, 15) is 0 Å². The van der Waals surface area contributed by atoms with Crippen molar-refractivity contribution in [2.24, 2.45) is 0 Å². The summed E-state index contributed by atoms with van der Waals surface area (Å²) in [5.74, 6) is 0. The summed E-state index contributed by atoms with van der Waals surface area (Å²) < 4.78 is 0. The maximum absolute atomic E-state index is 4.59. The fourth-order valence-electron chi connectivity index (χ4n) is 4.14. The highest BCUT2D eigenvalue weighted by molar-refractivity contribution is 7.09. The molecule has 128 valence electrons.